The molecule has 5 nitrogen and oxygen atoms in total. The molecule has 1 N–H and O–H groups in total. The molecule has 0 radical (unpaired) electrons. The third kappa shape index (κ3) is 3.57. The summed E-state index contributed by atoms with van der Waals surface area (Å²) in [5.74, 6) is 0. The molecular weight excluding hydrogens is 274 g/mol. The van der Waals surface area contributed by atoms with E-state index in [1.165, 1.54) is 0 Å². The van der Waals surface area contributed by atoms with Crippen molar-refractivity contribution in [3.8, 4) is 6.07 Å². The van der Waals surface area contributed by atoms with Crippen molar-refractivity contribution in [2.75, 3.05) is 19.6 Å². The lowest BCUT2D eigenvalue weighted by atomic mass is 10.1. The number of aryl methyl sites for hydroxylation is 1. The lowest BCUT2D eigenvalue weighted by molar-refractivity contribution is 0.229. The molecule has 1 heterocycles. The summed E-state index contributed by atoms with van der Waals surface area (Å²) in [6.45, 7) is 3.73. The number of benzene rings is 1. The standard InChI is InChI=1S/C14H19N3O2S/c1-12-4-2-3-5-14(12)20(18,19)16-13-6-9-17(10-7-13)11-8-15/h2-5,13,16H,6-7,9-11H2,1H3. The Bertz CT molecular complexity index is 599. The smallest absolute Gasteiger partial charge is 0.241 e. The molecule has 108 valence electrons. The molecule has 1 aliphatic rings. The Hall–Kier alpha value is -1.42. The van der Waals surface area contributed by atoms with Crippen molar-refractivity contribution >= 4 is 10.0 Å². The zero-order chi connectivity index (χ0) is 14.6. The van der Waals surface area contributed by atoms with Crippen LogP contribution in [0.15, 0.2) is 29.2 Å². The van der Waals surface area contributed by atoms with Crippen molar-refractivity contribution in [1.29, 1.82) is 5.26 Å². The molecule has 0 bridgehead atoms. The van der Waals surface area contributed by atoms with Crippen LogP contribution in [0.5, 0.6) is 0 Å². The summed E-state index contributed by atoms with van der Waals surface area (Å²) in [5.41, 5.74) is 0.752. The molecule has 0 unspecified atom stereocenters. The first-order valence-electron chi connectivity index (χ1n) is 6.70. The van der Waals surface area contributed by atoms with Crippen molar-refractivity contribution < 1.29 is 8.42 Å². The van der Waals surface area contributed by atoms with Crippen LogP contribution in [0.25, 0.3) is 0 Å². The fourth-order valence-corrected chi connectivity index (χ4v) is 4.00. The van der Waals surface area contributed by atoms with Gasteiger partial charge in [0, 0.05) is 19.1 Å². The number of sulfonamides is 1. The van der Waals surface area contributed by atoms with Gasteiger partial charge in [0.25, 0.3) is 0 Å². The number of nitrogens with zero attached hydrogens (tertiary/aromatic N) is 2. The summed E-state index contributed by atoms with van der Waals surface area (Å²) >= 11 is 0. The largest absolute Gasteiger partial charge is 0.290 e. The van der Waals surface area contributed by atoms with Crippen molar-refractivity contribution in [2.45, 2.75) is 30.7 Å². The van der Waals surface area contributed by atoms with Gasteiger partial charge in [-0.3, -0.25) is 4.90 Å². The molecule has 1 aliphatic heterocycles. The number of piperidine rings is 1. The summed E-state index contributed by atoms with van der Waals surface area (Å²) < 4.78 is 27.5. The predicted molar refractivity (Wildman–Crippen MR) is 76.6 cm³/mol. The monoisotopic (exact) mass is 293 g/mol. The minimum atomic E-state index is -3.45. The molecule has 1 fully saturated rings. The average Bonchev–Trinajstić information content (AvgIpc) is 2.41. The summed E-state index contributed by atoms with van der Waals surface area (Å²) in [7, 11) is -3.45. The topological polar surface area (TPSA) is 73.2 Å². The lowest BCUT2D eigenvalue weighted by Crippen LogP contribution is -2.44. The van der Waals surface area contributed by atoms with Gasteiger partial charge in [0.05, 0.1) is 17.5 Å². The van der Waals surface area contributed by atoms with Crippen LogP contribution in [0, 0.1) is 18.3 Å². The molecule has 1 saturated heterocycles. The predicted octanol–water partition coefficient (Wildman–Crippen LogP) is 1.26. The lowest BCUT2D eigenvalue weighted by Gasteiger charge is -2.30. The van der Waals surface area contributed by atoms with Crippen molar-refractivity contribution in [1.82, 2.24) is 9.62 Å². The van der Waals surface area contributed by atoms with Crippen LogP contribution in [0.3, 0.4) is 0 Å². The van der Waals surface area contributed by atoms with Gasteiger partial charge in [-0.1, -0.05) is 18.2 Å². The maximum absolute atomic E-state index is 12.4. The van der Waals surface area contributed by atoms with E-state index in [2.05, 4.69) is 10.8 Å². The van der Waals surface area contributed by atoms with E-state index in [1.54, 1.807) is 25.1 Å². The fraction of sp³-hybridized carbons (Fsp3) is 0.500. The molecule has 6 heteroatoms. The Morgan fingerprint density at radius 1 is 1.35 bits per heavy atom. The van der Waals surface area contributed by atoms with Gasteiger partial charge >= 0.3 is 0 Å². The van der Waals surface area contributed by atoms with Crippen LogP contribution in [-0.4, -0.2) is 39.0 Å². The first-order chi connectivity index (χ1) is 9.53. The number of likely N-dealkylation sites (tertiary alicyclic amines) is 1. The molecule has 20 heavy (non-hydrogen) atoms. The second kappa shape index (κ2) is 6.35. The highest BCUT2D eigenvalue weighted by Crippen LogP contribution is 2.17. The number of hydrogen-bond donors (Lipinski definition) is 1. The molecule has 0 amide bonds. The molecule has 2 rings (SSSR count). The molecule has 1 aromatic carbocycles. The van der Waals surface area contributed by atoms with Crippen LogP contribution < -0.4 is 4.72 Å². The quantitative estimate of drug-likeness (QED) is 0.848. The molecule has 0 atom stereocenters. The van der Waals surface area contributed by atoms with Crippen LogP contribution in [0.2, 0.25) is 0 Å². The third-order valence-electron chi connectivity index (χ3n) is 3.59. The summed E-state index contributed by atoms with van der Waals surface area (Å²) in [6.07, 6.45) is 1.49. The van der Waals surface area contributed by atoms with Crippen LogP contribution >= 0.6 is 0 Å². The molecular formula is C14H19N3O2S. The van der Waals surface area contributed by atoms with Gasteiger partial charge < -0.3 is 0 Å². The van der Waals surface area contributed by atoms with E-state index >= 15 is 0 Å². The molecule has 0 aromatic heterocycles. The second-order valence-corrected chi connectivity index (χ2v) is 6.78. The van der Waals surface area contributed by atoms with Gasteiger partial charge in [0.15, 0.2) is 0 Å². The summed E-state index contributed by atoms with van der Waals surface area (Å²) in [6, 6.07) is 9.06. The van der Waals surface area contributed by atoms with E-state index < -0.39 is 10.0 Å². The van der Waals surface area contributed by atoms with Gasteiger partial charge in [0.1, 0.15) is 0 Å². The molecule has 1 aromatic rings. The Morgan fingerprint density at radius 2 is 2.00 bits per heavy atom. The van der Waals surface area contributed by atoms with E-state index in [1.807, 2.05) is 11.0 Å². The van der Waals surface area contributed by atoms with Crippen molar-refractivity contribution in [3.63, 3.8) is 0 Å². The van der Waals surface area contributed by atoms with Gasteiger partial charge in [-0.25, -0.2) is 13.1 Å². The zero-order valence-corrected chi connectivity index (χ0v) is 12.4. The van der Waals surface area contributed by atoms with Crippen LogP contribution in [0.1, 0.15) is 18.4 Å². The molecule has 0 spiro atoms. The van der Waals surface area contributed by atoms with Gasteiger partial charge in [-0.2, -0.15) is 5.26 Å². The Labute approximate surface area is 120 Å². The van der Waals surface area contributed by atoms with E-state index in [4.69, 9.17) is 5.26 Å². The first-order valence-corrected chi connectivity index (χ1v) is 8.18. The Kier molecular flexibility index (Phi) is 4.76. The minimum absolute atomic E-state index is 0.0467. The highest BCUT2D eigenvalue weighted by molar-refractivity contribution is 7.89. The Morgan fingerprint density at radius 3 is 2.60 bits per heavy atom. The van der Waals surface area contributed by atoms with Gasteiger partial charge in [0.2, 0.25) is 10.0 Å². The highest BCUT2D eigenvalue weighted by Gasteiger charge is 2.25. The zero-order valence-electron chi connectivity index (χ0n) is 11.5. The fourth-order valence-electron chi connectivity index (χ4n) is 2.45. The Balaban J connectivity index is 2.01. The maximum atomic E-state index is 12.4. The van der Waals surface area contributed by atoms with E-state index in [9.17, 15) is 8.42 Å². The minimum Gasteiger partial charge on any atom is -0.290 e. The summed E-state index contributed by atoms with van der Waals surface area (Å²) in [5, 5.41) is 8.65. The van der Waals surface area contributed by atoms with E-state index in [-0.39, 0.29) is 6.04 Å². The van der Waals surface area contributed by atoms with Crippen molar-refractivity contribution in [3.05, 3.63) is 29.8 Å². The van der Waals surface area contributed by atoms with Crippen molar-refractivity contribution in [2.24, 2.45) is 0 Å². The molecule has 0 aliphatic carbocycles. The molecule has 0 saturated carbocycles. The average molecular weight is 293 g/mol. The SMILES string of the molecule is Cc1ccccc1S(=O)(=O)NC1CCN(CC#N)CC1. The van der Waals surface area contributed by atoms with Gasteiger partial charge in [-0.05, 0) is 31.4 Å². The maximum Gasteiger partial charge on any atom is 0.241 e. The van der Waals surface area contributed by atoms with E-state index in [0.717, 1.165) is 31.5 Å². The second-order valence-electron chi connectivity index (χ2n) is 5.10. The number of nitrogens with one attached hydrogen (secondary N) is 1. The summed E-state index contributed by atoms with van der Waals surface area (Å²) in [4.78, 5) is 2.39. The normalized spacial score (nSPS) is 17.8. The number of nitriles is 1. The third-order valence-corrected chi connectivity index (χ3v) is 5.27. The van der Waals surface area contributed by atoms with Crippen LogP contribution in [-0.2, 0) is 10.0 Å². The number of rotatable bonds is 4. The first kappa shape index (κ1) is 15.0. The van der Waals surface area contributed by atoms with E-state index in [0.29, 0.717) is 11.4 Å². The highest BCUT2D eigenvalue weighted by atomic mass is 32.2. The number of hydrogen-bond acceptors (Lipinski definition) is 4. The van der Waals surface area contributed by atoms with Gasteiger partial charge in [-0.15, -0.1) is 0 Å². The van der Waals surface area contributed by atoms with Crippen LogP contribution in [0.4, 0.5) is 0 Å².